The highest BCUT2D eigenvalue weighted by molar-refractivity contribution is 5.66. The van der Waals surface area contributed by atoms with Crippen molar-refractivity contribution in [2.75, 3.05) is 23.7 Å². The van der Waals surface area contributed by atoms with E-state index in [1.54, 1.807) is 0 Å². The maximum Gasteiger partial charge on any atom is 0.150 e. The predicted molar refractivity (Wildman–Crippen MR) is 81.5 cm³/mol. The van der Waals surface area contributed by atoms with E-state index in [2.05, 4.69) is 28.5 Å². The zero-order valence-corrected chi connectivity index (χ0v) is 12.7. The van der Waals surface area contributed by atoms with Gasteiger partial charge in [-0.15, -0.1) is 0 Å². The summed E-state index contributed by atoms with van der Waals surface area (Å²) in [6.07, 6.45) is 6.31. The fourth-order valence-electron chi connectivity index (χ4n) is 3.07. The Morgan fingerprint density at radius 1 is 1.26 bits per heavy atom. The van der Waals surface area contributed by atoms with E-state index in [0.717, 1.165) is 49.2 Å². The lowest BCUT2D eigenvalue weighted by Crippen LogP contribution is -2.28. The van der Waals surface area contributed by atoms with E-state index in [0.29, 0.717) is 0 Å². The van der Waals surface area contributed by atoms with Crippen LogP contribution in [0.3, 0.4) is 0 Å². The molecule has 4 nitrogen and oxygen atoms in total. The Bertz CT molecular complexity index is 411. The molecular weight excluding hydrogens is 236 g/mol. The summed E-state index contributed by atoms with van der Waals surface area (Å²) < 4.78 is 2.11. The van der Waals surface area contributed by atoms with Crippen LogP contribution < -0.4 is 10.6 Å². The SMILES string of the molecule is CCCn1nc(C)c(N)c1N1CCCC(CC)CC1. The number of nitrogen functional groups attached to an aromatic ring is 1. The highest BCUT2D eigenvalue weighted by atomic mass is 15.4. The largest absolute Gasteiger partial charge is 0.394 e. The topological polar surface area (TPSA) is 47.1 Å². The summed E-state index contributed by atoms with van der Waals surface area (Å²) >= 11 is 0. The molecule has 108 valence electrons. The number of hydrogen-bond acceptors (Lipinski definition) is 3. The van der Waals surface area contributed by atoms with E-state index in [-0.39, 0.29) is 0 Å². The van der Waals surface area contributed by atoms with Gasteiger partial charge >= 0.3 is 0 Å². The average Bonchev–Trinajstić information content (AvgIpc) is 2.60. The van der Waals surface area contributed by atoms with Crippen molar-refractivity contribution in [3.63, 3.8) is 0 Å². The van der Waals surface area contributed by atoms with Crippen LogP contribution in [0, 0.1) is 12.8 Å². The van der Waals surface area contributed by atoms with Crippen LogP contribution in [0.15, 0.2) is 0 Å². The fraction of sp³-hybridized carbons (Fsp3) is 0.800. The maximum atomic E-state index is 6.26. The van der Waals surface area contributed by atoms with E-state index in [1.165, 1.54) is 25.7 Å². The normalized spacial score (nSPS) is 20.6. The van der Waals surface area contributed by atoms with Crippen molar-refractivity contribution in [1.82, 2.24) is 9.78 Å². The lowest BCUT2D eigenvalue weighted by molar-refractivity contribution is 0.459. The molecule has 1 unspecified atom stereocenters. The van der Waals surface area contributed by atoms with Crippen molar-refractivity contribution in [3.05, 3.63) is 5.69 Å². The van der Waals surface area contributed by atoms with Gasteiger partial charge in [0.05, 0.1) is 11.4 Å². The van der Waals surface area contributed by atoms with Gasteiger partial charge in [-0.2, -0.15) is 5.10 Å². The Labute approximate surface area is 117 Å². The fourth-order valence-corrected chi connectivity index (χ4v) is 3.07. The number of hydrogen-bond donors (Lipinski definition) is 1. The standard InChI is InChI=1S/C15H28N4/c1-4-9-19-15(14(16)12(3)17-19)18-10-6-7-13(5-2)8-11-18/h13H,4-11,16H2,1-3H3. The quantitative estimate of drug-likeness (QED) is 0.908. The summed E-state index contributed by atoms with van der Waals surface area (Å²) in [5.74, 6) is 2.05. The summed E-state index contributed by atoms with van der Waals surface area (Å²) in [5, 5.41) is 4.59. The summed E-state index contributed by atoms with van der Waals surface area (Å²) in [5.41, 5.74) is 8.11. The molecule has 1 aliphatic heterocycles. The molecule has 1 fully saturated rings. The third-order valence-corrected chi connectivity index (χ3v) is 4.31. The molecule has 0 spiro atoms. The average molecular weight is 264 g/mol. The van der Waals surface area contributed by atoms with Gasteiger partial charge < -0.3 is 10.6 Å². The molecule has 0 saturated carbocycles. The molecule has 1 aromatic heterocycles. The summed E-state index contributed by atoms with van der Waals surface area (Å²) in [7, 11) is 0. The van der Waals surface area contributed by atoms with Crippen LogP contribution >= 0.6 is 0 Å². The zero-order valence-electron chi connectivity index (χ0n) is 12.7. The summed E-state index contributed by atoms with van der Waals surface area (Å²) in [4.78, 5) is 2.46. The van der Waals surface area contributed by atoms with Gasteiger partial charge in [0, 0.05) is 19.6 Å². The Kier molecular flexibility index (Phi) is 4.72. The first kappa shape index (κ1) is 14.2. The van der Waals surface area contributed by atoms with Crippen molar-refractivity contribution in [3.8, 4) is 0 Å². The van der Waals surface area contributed by atoms with Gasteiger partial charge in [0.2, 0.25) is 0 Å². The molecule has 0 aromatic carbocycles. The molecule has 1 aromatic rings. The summed E-state index contributed by atoms with van der Waals surface area (Å²) in [6, 6.07) is 0. The molecule has 1 atom stereocenters. The molecular formula is C15H28N4. The van der Waals surface area contributed by atoms with Crippen molar-refractivity contribution < 1.29 is 0 Å². The Morgan fingerprint density at radius 3 is 2.74 bits per heavy atom. The minimum absolute atomic E-state index is 0.878. The zero-order chi connectivity index (χ0) is 13.8. The van der Waals surface area contributed by atoms with E-state index >= 15 is 0 Å². The van der Waals surface area contributed by atoms with Crippen LogP contribution in [-0.2, 0) is 6.54 Å². The van der Waals surface area contributed by atoms with E-state index in [9.17, 15) is 0 Å². The molecule has 0 amide bonds. The molecule has 2 heterocycles. The van der Waals surface area contributed by atoms with Crippen molar-refractivity contribution in [1.29, 1.82) is 0 Å². The highest BCUT2D eigenvalue weighted by Gasteiger charge is 2.22. The number of rotatable bonds is 4. The third-order valence-electron chi connectivity index (χ3n) is 4.31. The Morgan fingerprint density at radius 2 is 2.05 bits per heavy atom. The van der Waals surface area contributed by atoms with Crippen molar-refractivity contribution in [2.24, 2.45) is 5.92 Å². The lowest BCUT2D eigenvalue weighted by atomic mass is 9.98. The first-order chi connectivity index (χ1) is 9.17. The van der Waals surface area contributed by atoms with Gasteiger partial charge in [-0.05, 0) is 38.5 Å². The van der Waals surface area contributed by atoms with Gasteiger partial charge in [0.15, 0.2) is 5.82 Å². The summed E-state index contributed by atoms with van der Waals surface area (Å²) in [6.45, 7) is 9.71. The van der Waals surface area contributed by atoms with Crippen LogP contribution in [-0.4, -0.2) is 22.9 Å². The predicted octanol–water partition coefficient (Wildman–Crippen LogP) is 3.20. The van der Waals surface area contributed by atoms with E-state index in [1.807, 2.05) is 6.92 Å². The molecule has 2 rings (SSSR count). The third kappa shape index (κ3) is 3.04. The number of aromatic nitrogens is 2. The van der Waals surface area contributed by atoms with Crippen LogP contribution in [0.2, 0.25) is 0 Å². The number of nitrogens with two attached hydrogens (primary N) is 1. The first-order valence-electron chi connectivity index (χ1n) is 7.75. The molecule has 1 aliphatic rings. The second kappa shape index (κ2) is 6.31. The smallest absolute Gasteiger partial charge is 0.150 e. The Hall–Kier alpha value is -1.19. The lowest BCUT2D eigenvalue weighted by Gasteiger charge is -2.24. The number of aryl methyl sites for hydroxylation is 2. The highest BCUT2D eigenvalue weighted by Crippen LogP contribution is 2.30. The molecule has 0 radical (unpaired) electrons. The molecule has 19 heavy (non-hydrogen) atoms. The van der Waals surface area contributed by atoms with E-state index < -0.39 is 0 Å². The van der Waals surface area contributed by atoms with Crippen LogP contribution in [0.25, 0.3) is 0 Å². The number of nitrogens with zero attached hydrogens (tertiary/aromatic N) is 3. The van der Waals surface area contributed by atoms with Gasteiger partial charge in [-0.1, -0.05) is 20.3 Å². The molecule has 4 heteroatoms. The van der Waals surface area contributed by atoms with Gasteiger partial charge in [-0.25, -0.2) is 4.68 Å². The van der Waals surface area contributed by atoms with Gasteiger partial charge in [0.1, 0.15) is 0 Å². The van der Waals surface area contributed by atoms with Crippen LogP contribution in [0.1, 0.15) is 51.6 Å². The monoisotopic (exact) mass is 264 g/mol. The van der Waals surface area contributed by atoms with Crippen LogP contribution in [0.4, 0.5) is 11.5 Å². The minimum Gasteiger partial charge on any atom is -0.394 e. The van der Waals surface area contributed by atoms with Crippen molar-refractivity contribution in [2.45, 2.75) is 59.4 Å². The van der Waals surface area contributed by atoms with Gasteiger partial charge in [-0.3, -0.25) is 0 Å². The Balaban J connectivity index is 2.20. The maximum absolute atomic E-state index is 6.26. The minimum atomic E-state index is 0.878. The molecule has 0 aliphatic carbocycles. The molecule has 2 N–H and O–H groups in total. The van der Waals surface area contributed by atoms with E-state index in [4.69, 9.17) is 5.73 Å². The van der Waals surface area contributed by atoms with Crippen molar-refractivity contribution >= 4 is 11.5 Å². The molecule has 0 bridgehead atoms. The van der Waals surface area contributed by atoms with Crippen LogP contribution in [0.5, 0.6) is 0 Å². The van der Waals surface area contributed by atoms with Gasteiger partial charge in [0.25, 0.3) is 0 Å². The second-order valence-corrected chi connectivity index (χ2v) is 5.74. The number of anilines is 2. The first-order valence-corrected chi connectivity index (χ1v) is 7.75. The second-order valence-electron chi connectivity index (χ2n) is 5.74. The molecule has 1 saturated heterocycles.